The van der Waals surface area contributed by atoms with Crippen molar-refractivity contribution in [2.75, 3.05) is 5.32 Å². The molecule has 2 heterocycles. The van der Waals surface area contributed by atoms with E-state index in [0.717, 1.165) is 0 Å². The topological polar surface area (TPSA) is 62.0 Å². The molecule has 2 N–H and O–H groups in total. The van der Waals surface area contributed by atoms with Crippen LogP contribution in [0.5, 0.6) is 0 Å². The average Bonchev–Trinajstić information content (AvgIpc) is 2.84. The highest BCUT2D eigenvalue weighted by atomic mass is 32.1. The number of carbonyl (C=O) groups excluding carboxylic acids is 1. The van der Waals surface area contributed by atoms with Crippen LogP contribution in [0.2, 0.25) is 0 Å². The number of thiophene rings is 1. The van der Waals surface area contributed by atoms with Crippen LogP contribution in [-0.4, -0.2) is 10.9 Å². The summed E-state index contributed by atoms with van der Waals surface area (Å²) in [6, 6.07) is 2.10. The quantitative estimate of drug-likeness (QED) is 0.892. The minimum absolute atomic E-state index is 0.279. The first-order valence-electron chi connectivity index (χ1n) is 5.01. The molecule has 8 heteroatoms. The monoisotopic (exact) mass is 288 g/mol. The van der Waals surface area contributed by atoms with Gasteiger partial charge in [-0.3, -0.25) is 9.59 Å². The molecule has 0 atom stereocenters. The highest BCUT2D eigenvalue weighted by molar-refractivity contribution is 7.08. The fourth-order valence-corrected chi connectivity index (χ4v) is 1.96. The number of hydrogen-bond donors (Lipinski definition) is 2. The summed E-state index contributed by atoms with van der Waals surface area (Å²) in [5.74, 6) is -0.633. The van der Waals surface area contributed by atoms with Gasteiger partial charge in [0, 0.05) is 11.6 Å². The van der Waals surface area contributed by atoms with Crippen LogP contribution in [0.3, 0.4) is 0 Å². The summed E-state index contributed by atoms with van der Waals surface area (Å²) in [6.07, 6.45) is -4.03. The van der Waals surface area contributed by atoms with Gasteiger partial charge in [-0.15, -0.1) is 0 Å². The number of pyridine rings is 1. The molecular formula is C11H7F3N2O2S. The van der Waals surface area contributed by atoms with E-state index < -0.39 is 28.9 Å². The number of aromatic amines is 1. The van der Waals surface area contributed by atoms with E-state index in [4.69, 9.17) is 0 Å². The van der Waals surface area contributed by atoms with Crippen molar-refractivity contribution < 1.29 is 18.0 Å². The lowest BCUT2D eigenvalue weighted by Crippen LogP contribution is -2.21. The molecule has 2 aromatic rings. The second kappa shape index (κ2) is 4.88. The van der Waals surface area contributed by atoms with Crippen LogP contribution >= 0.6 is 11.3 Å². The number of anilines is 1. The van der Waals surface area contributed by atoms with Crippen LogP contribution in [0.25, 0.3) is 0 Å². The Hall–Kier alpha value is -2.09. The number of amides is 1. The van der Waals surface area contributed by atoms with Crippen LogP contribution < -0.4 is 10.9 Å². The molecule has 100 valence electrons. The number of halogens is 3. The van der Waals surface area contributed by atoms with Gasteiger partial charge in [0.25, 0.3) is 11.5 Å². The first kappa shape index (κ1) is 13.3. The van der Waals surface area contributed by atoms with Crippen molar-refractivity contribution in [1.29, 1.82) is 0 Å². The molecule has 0 fully saturated rings. The number of nitrogens with one attached hydrogen (secondary N) is 2. The average molecular weight is 288 g/mol. The van der Waals surface area contributed by atoms with Crippen molar-refractivity contribution >= 4 is 22.9 Å². The van der Waals surface area contributed by atoms with E-state index in [1.54, 1.807) is 5.38 Å². The number of H-pyrrole nitrogens is 1. The Bertz CT molecular complexity index is 647. The third-order valence-electron chi connectivity index (χ3n) is 2.26. The Morgan fingerprint density at radius 1 is 1.37 bits per heavy atom. The van der Waals surface area contributed by atoms with Crippen molar-refractivity contribution in [1.82, 2.24) is 4.98 Å². The Labute approximate surface area is 108 Å². The molecule has 2 aromatic heterocycles. The van der Waals surface area contributed by atoms with Gasteiger partial charge in [0.15, 0.2) is 0 Å². The van der Waals surface area contributed by atoms with Crippen molar-refractivity contribution in [2.45, 2.75) is 6.18 Å². The second-order valence-electron chi connectivity index (χ2n) is 3.60. The molecule has 0 saturated heterocycles. The maximum atomic E-state index is 12.5. The Morgan fingerprint density at radius 2 is 2.11 bits per heavy atom. The van der Waals surface area contributed by atoms with Crippen LogP contribution in [0, 0.1) is 0 Å². The smallest absolute Gasteiger partial charge is 0.327 e. The van der Waals surface area contributed by atoms with Gasteiger partial charge in [-0.1, -0.05) is 0 Å². The van der Waals surface area contributed by atoms with E-state index in [2.05, 4.69) is 5.32 Å². The normalized spacial score (nSPS) is 11.3. The van der Waals surface area contributed by atoms with Gasteiger partial charge in [-0.05, 0) is 17.5 Å². The zero-order valence-electron chi connectivity index (χ0n) is 9.25. The molecule has 2 rings (SSSR count). The van der Waals surface area contributed by atoms with Gasteiger partial charge in [-0.2, -0.15) is 24.5 Å². The Morgan fingerprint density at radius 3 is 2.68 bits per heavy atom. The number of rotatable bonds is 2. The Kier molecular flexibility index (Phi) is 3.43. The fraction of sp³-hybridized carbons (Fsp3) is 0.0909. The summed E-state index contributed by atoms with van der Waals surface area (Å²) in [5.41, 5.74) is -1.99. The molecule has 0 unspecified atom stereocenters. The van der Waals surface area contributed by atoms with Crippen LogP contribution in [0.1, 0.15) is 15.9 Å². The van der Waals surface area contributed by atoms with E-state index in [-0.39, 0.29) is 5.56 Å². The van der Waals surface area contributed by atoms with Gasteiger partial charge < -0.3 is 10.3 Å². The van der Waals surface area contributed by atoms with Gasteiger partial charge in [-0.25, -0.2) is 0 Å². The summed E-state index contributed by atoms with van der Waals surface area (Å²) in [7, 11) is 0. The van der Waals surface area contributed by atoms with E-state index in [0.29, 0.717) is 12.3 Å². The minimum atomic E-state index is -4.59. The van der Waals surface area contributed by atoms with Crippen LogP contribution in [0.4, 0.5) is 18.9 Å². The van der Waals surface area contributed by atoms with Crippen molar-refractivity contribution in [3.8, 4) is 0 Å². The number of aromatic nitrogens is 1. The fourth-order valence-electron chi connectivity index (χ4n) is 1.33. The highest BCUT2D eigenvalue weighted by Crippen LogP contribution is 2.29. The first-order chi connectivity index (χ1) is 8.88. The lowest BCUT2D eigenvalue weighted by atomic mass is 10.2. The van der Waals surface area contributed by atoms with Crippen molar-refractivity contribution in [3.05, 3.63) is 50.6 Å². The molecule has 0 aliphatic carbocycles. The summed E-state index contributed by atoms with van der Waals surface area (Å²) in [6.45, 7) is 0. The number of carbonyl (C=O) groups is 1. The SMILES string of the molecule is O=C(Nc1cc(C(F)(F)F)c[nH]c1=O)c1ccsc1. The second-order valence-corrected chi connectivity index (χ2v) is 4.38. The molecule has 0 aromatic carbocycles. The maximum absolute atomic E-state index is 12.5. The molecule has 1 amide bonds. The Balaban J connectivity index is 2.30. The summed E-state index contributed by atoms with van der Waals surface area (Å²) in [4.78, 5) is 25.0. The molecule has 0 spiro atoms. The summed E-state index contributed by atoms with van der Waals surface area (Å²) < 4.78 is 37.4. The standard InChI is InChI=1S/C11H7F3N2O2S/c12-11(13,14)7-3-8(10(18)15-4-7)16-9(17)6-1-2-19-5-6/h1-5H,(H,15,18)(H,16,17). The molecular weight excluding hydrogens is 281 g/mol. The largest absolute Gasteiger partial charge is 0.417 e. The van der Waals surface area contributed by atoms with E-state index in [9.17, 15) is 22.8 Å². The van der Waals surface area contributed by atoms with Crippen LogP contribution in [0.15, 0.2) is 33.9 Å². The predicted octanol–water partition coefficient (Wildman–Crippen LogP) is 2.71. The maximum Gasteiger partial charge on any atom is 0.417 e. The molecule has 0 bridgehead atoms. The number of alkyl halides is 3. The van der Waals surface area contributed by atoms with E-state index in [1.165, 1.54) is 22.8 Å². The first-order valence-corrected chi connectivity index (χ1v) is 5.95. The molecule has 19 heavy (non-hydrogen) atoms. The molecule has 0 saturated carbocycles. The van der Waals surface area contributed by atoms with Gasteiger partial charge >= 0.3 is 6.18 Å². The predicted molar refractivity (Wildman–Crippen MR) is 64.3 cm³/mol. The van der Waals surface area contributed by atoms with Gasteiger partial charge in [0.05, 0.1) is 11.1 Å². The highest BCUT2D eigenvalue weighted by Gasteiger charge is 2.31. The van der Waals surface area contributed by atoms with Crippen molar-refractivity contribution in [2.24, 2.45) is 0 Å². The van der Waals surface area contributed by atoms with Crippen LogP contribution in [-0.2, 0) is 6.18 Å². The van der Waals surface area contributed by atoms with Gasteiger partial charge in [0.2, 0.25) is 0 Å². The number of hydrogen-bond acceptors (Lipinski definition) is 3. The zero-order chi connectivity index (χ0) is 14.0. The van der Waals surface area contributed by atoms with Gasteiger partial charge in [0.1, 0.15) is 5.69 Å². The molecule has 0 aliphatic heterocycles. The van der Waals surface area contributed by atoms with E-state index >= 15 is 0 Å². The molecule has 4 nitrogen and oxygen atoms in total. The zero-order valence-corrected chi connectivity index (χ0v) is 10.1. The summed E-state index contributed by atoms with van der Waals surface area (Å²) in [5, 5.41) is 5.32. The van der Waals surface area contributed by atoms with Crippen molar-refractivity contribution in [3.63, 3.8) is 0 Å². The molecule has 0 radical (unpaired) electrons. The lowest BCUT2D eigenvalue weighted by Gasteiger charge is -2.08. The van der Waals surface area contributed by atoms with E-state index in [1.807, 2.05) is 4.98 Å². The third kappa shape index (κ3) is 3.02. The summed E-state index contributed by atoms with van der Waals surface area (Å²) >= 11 is 1.26. The molecule has 0 aliphatic rings. The minimum Gasteiger partial charge on any atom is -0.327 e. The third-order valence-corrected chi connectivity index (χ3v) is 2.95. The lowest BCUT2D eigenvalue weighted by molar-refractivity contribution is -0.137.